The van der Waals surface area contributed by atoms with Crippen LogP contribution in [0.5, 0.6) is 0 Å². The van der Waals surface area contributed by atoms with Crippen molar-refractivity contribution in [2.75, 3.05) is 0 Å². The van der Waals surface area contributed by atoms with Gasteiger partial charge in [0.1, 0.15) is 28.3 Å². The quantitative estimate of drug-likeness (QED) is 0.181. The molecule has 0 radical (unpaired) electrons. The highest BCUT2D eigenvalue weighted by Gasteiger charge is 2.23. The van der Waals surface area contributed by atoms with Crippen LogP contribution in [-0.4, -0.2) is 0 Å². The van der Waals surface area contributed by atoms with Gasteiger partial charge in [0.2, 0.25) is 0 Å². The zero-order chi connectivity index (χ0) is 26.4. The maximum Gasteiger partial charge on any atom is 0.145 e. The number of hydrogen-bond donors (Lipinski definition) is 0. The molecule has 0 aliphatic heterocycles. The summed E-state index contributed by atoms with van der Waals surface area (Å²) in [5, 5.41) is -0.574. The molecule has 0 heterocycles. The Labute approximate surface area is 223 Å². The fourth-order valence-electron chi connectivity index (χ4n) is 5.55. The molecule has 0 spiro atoms. The molecular weight excluding hydrogens is 496 g/mol. The van der Waals surface area contributed by atoms with Crippen LogP contribution in [0.25, 0.3) is 0 Å². The molecule has 0 saturated heterocycles. The highest BCUT2D eigenvalue weighted by Crippen LogP contribution is 2.37. The lowest BCUT2D eigenvalue weighted by molar-refractivity contribution is 0.310. The van der Waals surface area contributed by atoms with E-state index in [4.69, 9.17) is 11.6 Å². The molecule has 198 valence electrons. The summed E-state index contributed by atoms with van der Waals surface area (Å²) in [7, 11) is 0. The third kappa shape index (κ3) is 7.37. The summed E-state index contributed by atoms with van der Waals surface area (Å²) in [6, 6.07) is 14.2. The first kappa shape index (κ1) is 27.7. The Kier molecular flexibility index (Phi) is 9.70. The molecule has 1 saturated carbocycles. The average molecular weight is 531 g/mol. The van der Waals surface area contributed by atoms with Crippen molar-refractivity contribution in [3.8, 4) is 0 Å². The van der Waals surface area contributed by atoms with Gasteiger partial charge >= 0.3 is 0 Å². The van der Waals surface area contributed by atoms with Gasteiger partial charge in [0.05, 0.1) is 0 Å². The fourth-order valence-corrected chi connectivity index (χ4v) is 5.66. The van der Waals surface area contributed by atoms with Gasteiger partial charge in [-0.2, -0.15) is 0 Å². The first-order valence-corrected chi connectivity index (χ1v) is 13.9. The Balaban J connectivity index is 1.27. The standard InChI is InChI=1S/C32H35ClF4/c1-2-3-4-21-7-12-25(13-8-21)26-14-9-22(10-15-26)5-6-23-17-28(34)27(29(35)18-23)16-11-24-19-30(36)32(33)31(37)20-24/h7-8,12-13,17-20,22,26H,2-6,9-11,14-16H2,1H3/t22-,26-. The largest absolute Gasteiger partial charge is 0.207 e. The molecule has 0 nitrogen and oxygen atoms in total. The number of aryl methyl sites for hydroxylation is 3. The lowest BCUT2D eigenvalue weighted by Gasteiger charge is -2.29. The Hall–Kier alpha value is -2.33. The third-order valence-corrected chi connectivity index (χ3v) is 8.23. The van der Waals surface area contributed by atoms with Crippen molar-refractivity contribution in [1.29, 1.82) is 0 Å². The smallest absolute Gasteiger partial charge is 0.145 e. The van der Waals surface area contributed by atoms with Gasteiger partial charge < -0.3 is 0 Å². The molecule has 1 fully saturated rings. The first-order valence-electron chi connectivity index (χ1n) is 13.5. The zero-order valence-electron chi connectivity index (χ0n) is 21.4. The molecule has 37 heavy (non-hydrogen) atoms. The molecule has 1 aliphatic carbocycles. The topological polar surface area (TPSA) is 0 Å². The zero-order valence-corrected chi connectivity index (χ0v) is 22.2. The molecule has 5 heteroatoms. The predicted octanol–water partition coefficient (Wildman–Crippen LogP) is 9.93. The molecular formula is C32H35ClF4. The van der Waals surface area contributed by atoms with Gasteiger partial charge in [-0.15, -0.1) is 0 Å². The van der Waals surface area contributed by atoms with Crippen LogP contribution in [0.3, 0.4) is 0 Å². The first-order chi connectivity index (χ1) is 17.8. The highest BCUT2D eigenvalue weighted by atomic mass is 35.5. The van der Waals surface area contributed by atoms with Crippen LogP contribution in [-0.2, 0) is 25.7 Å². The monoisotopic (exact) mass is 530 g/mol. The Morgan fingerprint density at radius 1 is 0.676 bits per heavy atom. The summed E-state index contributed by atoms with van der Waals surface area (Å²) in [5.74, 6) is -1.77. The van der Waals surface area contributed by atoms with Crippen LogP contribution < -0.4 is 0 Å². The van der Waals surface area contributed by atoms with Crippen molar-refractivity contribution in [1.82, 2.24) is 0 Å². The molecule has 3 aromatic rings. The summed E-state index contributed by atoms with van der Waals surface area (Å²) in [5.41, 5.74) is 3.76. The predicted molar refractivity (Wildman–Crippen MR) is 143 cm³/mol. The fraction of sp³-hybridized carbons (Fsp3) is 0.438. The average Bonchev–Trinajstić information content (AvgIpc) is 2.89. The van der Waals surface area contributed by atoms with Gasteiger partial charge in [-0.1, -0.05) is 49.2 Å². The van der Waals surface area contributed by atoms with Gasteiger partial charge in [-0.25, -0.2) is 17.6 Å². The van der Waals surface area contributed by atoms with E-state index in [1.165, 1.54) is 36.1 Å². The van der Waals surface area contributed by atoms with E-state index in [9.17, 15) is 17.6 Å². The second-order valence-corrected chi connectivity index (χ2v) is 10.9. The molecule has 0 N–H and O–H groups in total. The Morgan fingerprint density at radius 3 is 1.84 bits per heavy atom. The maximum atomic E-state index is 14.7. The van der Waals surface area contributed by atoms with Crippen molar-refractivity contribution in [2.24, 2.45) is 5.92 Å². The number of rotatable bonds is 10. The lowest BCUT2D eigenvalue weighted by Crippen LogP contribution is -2.14. The van der Waals surface area contributed by atoms with Crippen LogP contribution in [0.4, 0.5) is 17.6 Å². The van der Waals surface area contributed by atoms with E-state index in [0.717, 1.165) is 50.7 Å². The molecule has 0 atom stereocenters. The second kappa shape index (κ2) is 13.0. The SMILES string of the molecule is CCCCc1ccc([C@H]2CC[C@H](CCc3cc(F)c(CCc4cc(F)c(Cl)c(F)c4)c(F)c3)CC2)cc1. The number of benzene rings is 3. The van der Waals surface area contributed by atoms with E-state index in [1.807, 2.05) is 0 Å². The summed E-state index contributed by atoms with van der Waals surface area (Å²) < 4.78 is 56.8. The number of halogens is 5. The summed E-state index contributed by atoms with van der Waals surface area (Å²) in [6.07, 6.45) is 9.88. The van der Waals surface area contributed by atoms with Gasteiger partial charge in [0, 0.05) is 5.56 Å². The van der Waals surface area contributed by atoms with Crippen molar-refractivity contribution < 1.29 is 17.6 Å². The number of hydrogen-bond acceptors (Lipinski definition) is 0. The molecule has 0 aromatic heterocycles. The van der Waals surface area contributed by atoms with Crippen LogP contribution in [0, 0.1) is 29.2 Å². The van der Waals surface area contributed by atoms with E-state index >= 15 is 0 Å². The summed E-state index contributed by atoms with van der Waals surface area (Å²) >= 11 is 5.50. The summed E-state index contributed by atoms with van der Waals surface area (Å²) in [4.78, 5) is 0. The maximum absolute atomic E-state index is 14.7. The Morgan fingerprint density at radius 2 is 1.24 bits per heavy atom. The van der Waals surface area contributed by atoms with E-state index in [2.05, 4.69) is 31.2 Å². The molecule has 0 amide bonds. The molecule has 4 rings (SSSR count). The molecule has 0 unspecified atom stereocenters. The van der Waals surface area contributed by atoms with E-state index in [1.54, 1.807) is 0 Å². The minimum atomic E-state index is -0.873. The lowest BCUT2D eigenvalue weighted by atomic mass is 9.76. The van der Waals surface area contributed by atoms with Gasteiger partial charge in [0.25, 0.3) is 0 Å². The van der Waals surface area contributed by atoms with Crippen molar-refractivity contribution in [3.63, 3.8) is 0 Å². The van der Waals surface area contributed by atoms with E-state index in [-0.39, 0.29) is 18.4 Å². The van der Waals surface area contributed by atoms with Crippen LogP contribution >= 0.6 is 11.6 Å². The minimum absolute atomic E-state index is 0.0159. The minimum Gasteiger partial charge on any atom is -0.207 e. The van der Waals surface area contributed by atoms with Crippen LogP contribution in [0.2, 0.25) is 5.02 Å². The summed E-state index contributed by atoms with van der Waals surface area (Å²) in [6.45, 7) is 2.22. The normalized spacial score (nSPS) is 17.8. The van der Waals surface area contributed by atoms with E-state index in [0.29, 0.717) is 29.4 Å². The van der Waals surface area contributed by atoms with Crippen molar-refractivity contribution in [2.45, 2.75) is 83.5 Å². The van der Waals surface area contributed by atoms with Crippen LogP contribution in [0.15, 0.2) is 48.5 Å². The molecule has 3 aromatic carbocycles. The molecule has 0 bridgehead atoms. The van der Waals surface area contributed by atoms with Crippen molar-refractivity contribution in [3.05, 3.63) is 105 Å². The third-order valence-electron chi connectivity index (χ3n) is 7.87. The van der Waals surface area contributed by atoms with Gasteiger partial charge in [-0.05, 0) is 123 Å². The van der Waals surface area contributed by atoms with Crippen molar-refractivity contribution >= 4 is 11.6 Å². The second-order valence-electron chi connectivity index (χ2n) is 10.5. The highest BCUT2D eigenvalue weighted by molar-refractivity contribution is 6.30. The van der Waals surface area contributed by atoms with Crippen LogP contribution in [0.1, 0.15) is 85.6 Å². The van der Waals surface area contributed by atoms with E-state index < -0.39 is 28.3 Å². The Bertz CT molecular complexity index is 1130. The van der Waals surface area contributed by atoms with Gasteiger partial charge in [0.15, 0.2) is 0 Å². The molecule has 1 aliphatic rings. The van der Waals surface area contributed by atoms with Gasteiger partial charge in [-0.3, -0.25) is 0 Å². The number of unbranched alkanes of at least 4 members (excludes halogenated alkanes) is 1.